The van der Waals surface area contributed by atoms with E-state index in [2.05, 4.69) is 15.5 Å². The zero-order chi connectivity index (χ0) is 17.4. The minimum absolute atomic E-state index is 0.00215. The van der Waals surface area contributed by atoms with Crippen LogP contribution >= 0.6 is 0 Å². The van der Waals surface area contributed by atoms with E-state index in [0.29, 0.717) is 17.2 Å². The van der Waals surface area contributed by atoms with Gasteiger partial charge in [-0.2, -0.15) is 0 Å². The molecule has 128 valence electrons. The topological polar surface area (TPSA) is 77.2 Å². The molecule has 1 atom stereocenters. The molecular formula is C19H19N3O3. The monoisotopic (exact) mass is 337 g/mol. The molecule has 1 amide bonds. The number of fused-ring (bicyclic) bond motifs is 1. The largest absolute Gasteiger partial charge is 0.497 e. The first-order valence-electron chi connectivity index (χ1n) is 8.32. The maximum atomic E-state index is 12.7. The van der Waals surface area contributed by atoms with Gasteiger partial charge in [0.25, 0.3) is 11.6 Å². The molecule has 1 fully saturated rings. The van der Waals surface area contributed by atoms with Gasteiger partial charge in [-0.3, -0.25) is 4.79 Å². The molecule has 2 heterocycles. The molecule has 1 aliphatic rings. The molecule has 1 aliphatic carbocycles. The molecule has 0 bridgehead atoms. The Morgan fingerprint density at radius 1 is 1.32 bits per heavy atom. The molecule has 25 heavy (non-hydrogen) atoms. The Kier molecular flexibility index (Phi) is 3.87. The summed E-state index contributed by atoms with van der Waals surface area (Å²) >= 11 is 0. The van der Waals surface area contributed by atoms with Crippen molar-refractivity contribution in [2.75, 3.05) is 7.11 Å². The van der Waals surface area contributed by atoms with Gasteiger partial charge in [0.15, 0.2) is 0 Å². The minimum Gasteiger partial charge on any atom is -0.497 e. The summed E-state index contributed by atoms with van der Waals surface area (Å²) in [5, 5.41) is 7.80. The SMILES string of the molecule is COc1ccc(C(NC(=O)c2cnc3onc(C)c3c2)C2CC2)cc1. The van der Waals surface area contributed by atoms with Crippen molar-refractivity contribution in [3.8, 4) is 5.75 Å². The van der Waals surface area contributed by atoms with Crippen LogP contribution in [-0.4, -0.2) is 23.2 Å². The summed E-state index contributed by atoms with van der Waals surface area (Å²) in [6, 6.07) is 9.64. The first-order valence-corrected chi connectivity index (χ1v) is 8.32. The number of hydrogen-bond acceptors (Lipinski definition) is 5. The molecule has 6 nitrogen and oxygen atoms in total. The van der Waals surface area contributed by atoms with Crippen LogP contribution < -0.4 is 10.1 Å². The molecule has 0 saturated heterocycles. The first-order chi connectivity index (χ1) is 12.2. The summed E-state index contributed by atoms with van der Waals surface area (Å²) in [6.45, 7) is 1.83. The van der Waals surface area contributed by atoms with Crippen LogP contribution in [0.2, 0.25) is 0 Å². The highest BCUT2D eigenvalue weighted by Gasteiger charge is 2.33. The number of benzene rings is 1. The summed E-state index contributed by atoms with van der Waals surface area (Å²) < 4.78 is 10.3. The van der Waals surface area contributed by atoms with E-state index >= 15 is 0 Å². The predicted molar refractivity (Wildman–Crippen MR) is 92.5 cm³/mol. The number of methoxy groups -OCH3 is 1. The second kappa shape index (κ2) is 6.20. The quantitative estimate of drug-likeness (QED) is 0.772. The molecule has 1 aromatic carbocycles. The van der Waals surface area contributed by atoms with Crippen LogP contribution in [0.15, 0.2) is 41.1 Å². The van der Waals surface area contributed by atoms with Crippen LogP contribution in [0.25, 0.3) is 11.1 Å². The van der Waals surface area contributed by atoms with Crippen molar-refractivity contribution < 1.29 is 14.1 Å². The Bertz CT molecular complexity index is 913. The zero-order valence-corrected chi connectivity index (χ0v) is 14.2. The van der Waals surface area contributed by atoms with Crippen LogP contribution in [0.5, 0.6) is 5.75 Å². The van der Waals surface area contributed by atoms with Gasteiger partial charge in [-0.25, -0.2) is 4.98 Å². The van der Waals surface area contributed by atoms with Crippen LogP contribution in [0.1, 0.15) is 40.5 Å². The average molecular weight is 337 g/mol. The highest BCUT2D eigenvalue weighted by Crippen LogP contribution is 2.41. The van der Waals surface area contributed by atoms with Crippen LogP contribution in [0, 0.1) is 12.8 Å². The summed E-state index contributed by atoms with van der Waals surface area (Å²) in [6.07, 6.45) is 3.78. The van der Waals surface area contributed by atoms with Gasteiger partial charge < -0.3 is 14.6 Å². The van der Waals surface area contributed by atoms with Gasteiger partial charge in [0.2, 0.25) is 0 Å². The second-order valence-electron chi connectivity index (χ2n) is 6.41. The summed E-state index contributed by atoms with van der Waals surface area (Å²) in [5.74, 6) is 1.15. The Hall–Kier alpha value is -2.89. The molecule has 6 heteroatoms. The number of nitrogens with one attached hydrogen (secondary N) is 1. The lowest BCUT2D eigenvalue weighted by atomic mass is 10.0. The van der Waals surface area contributed by atoms with Gasteiger partial charge in [-0.05, 0) is 49.4 Å². The number of carbonyl (C=O) groups excluding carboxylic acids is 1. The fraction of sp³-hybridized carbons (Fsp3) is 0.316. The van der Waals surface area contributed by atoms with Gasteiger partial charge in [-0.1, -0.05) is 17.3 Å². The second-order valence-corrected chi connectivity index (χ2v) is 6.41. The lowest BCUT2D eigenvalue weighted by Gasteiger charge is -2.19. The van der Waals surface area contributed by atoms with Crippen molar-refractivity contribution in [3.05, 3.63) is 53.3 Å². The molecule has 1 unspecified atom stereocenters. The first kappa shape index (κ1) is 15.6. The molecule has 0 spiro atoms. The number of ether oxygens (including phenoxy) is 1. The Morgan fingerprint density at radius 3 is 2.76 bits per heavy atom. The van der Waals surface area contributed by atoms with Crippen molar-refractivity contribution in [1.82, 2.24) is 15.5 Å². The third-order valence-corrected chi connectivity index (χ3v) is 4.63. The third kappa shape index (κ3) is 3.07. The molecule has 1 saturated carbocycles. The van der Waals surface area contributed by atoms with Crippen LogP contribution in [-0.2, 0) is 0 Å². The van der Waals surface area contributed by atoms with Gasteiger partial charge >= 0.3 is 0 Å². The third-order valence-electron chi connectivity index (χ3n) is 4.63. The molecule has 0 radical (unpaired) electrons. The predicted octanol–water partition coefficient (Wildman–Crippen LogP) is 3.42. The normalized spacial score (nSPS) is 15.1. The lowest BCUT2D eigenvalue weighted by Crippen LogP contribution is -2.30. The van der Waals surface area contributed by atoms with Gasteiger partial charge in [0.05, 0.1) is 29.8 Å². The van der Waals surface area contributed by atoms with Crippen molar-refractivity contribution in [2.45, 2.75) is 25.8 Å². The average Bonchev–Trinajstić information content (AvgIpc) is 3.43. The zero-order valence-electron chi connectivity index (χ0n) is 14.2. The van der Waals surface area contributed by atoms with Gasteiger partial charge in [-0.15, -0.1) is 0 Å². The summed E-state index contributed by atoms with van der Waals surface area (Å²) in [5.41, 5.74) is 2.78. The number of amides is 1. The number of carbonyl (C=O) groups is 1. The number of aryl methyl sites for hydroxylation is 1. The molecule has 2 aromatic heterocycles. The Morgan fingerprint density at radius 2 is 2.08 bits per heavy atom. The maximum absolute atomic E-state index is 12.7. The van der Waals surface area contributed by atoms with E-state index in [9.17, 15) is 4.79 Å². The van der Waals surface area contributed by atoms with Crippen LogP contribution in [0.4, 0.5) is 0 Å². The number of nitrogens with zero attached hydrogens (tertiary/aromatic N) is 2. The van der Waals surface area contributed by atoms with Crippen molar-refractivity contribution >= 4 is 17.0 Å². The number of rotatable bonds is 5. The highest BCUT2D eigenvalue weighted by atomic mass is 16.5. The number of pyridine rings is 1. The molecule has 4 rings (SSSR count). The van der Waals surface area contributed by atoms with E-state index < -0.39 is 0 Å². The summed E-state index contributed by atoms with van der Waals surface area (Å²) in [4.78, 5) is 16.9. The Labute approximate surface area is 145 Å². The fourth-order valence-corrected chi connectivity index (χ4v) is 3.01. The summed E-state index contributed by atoms with van der Waals surface area (Å²) in [7, 11) is 1.64. The van der Waals surface area contributed by atoms with Crippen molar-refractivity contribution in [1.29, 1.82) is 0 Å². The lowest BCUT2D eigenvalue weighted by molar-refractivity contribution is 0.0931. The van der Waals surface area contributed by atoms with Crippen molar-refractivity contribution in [3.63, 3.8) is 0 Å². The van der Waals surface area contributed by atoms with E-state index in [-0.39, 0.29) is 11.9 Å². The van der Waals surface area contributed by atoms with Gasteiger partial charge in [0.1, 0.15) is 5.75 Å². The fourth-order valence-electron chi connectivity index (χ4n) is 3.01. The molecule has 3 aromatic rings. The highest BCUT2D eigenvalue weighted by molar-refractivity contribution is 5.97. The number of hydrogen-bond donors (Lipinski definition) is 1. The Balaban J connectivity index is 1.58. The van der Waals surface area contributed by atoms with Crippen LogP contribution in [0.3, 0.4) is 0 Å². The standard InChI is InChI=1S/C19H19N3O3/c1-11-16-9-14(10-20-19(16)25-22-11)18(23)21-17(12-3-4-12)13-5-7-15(24-2)8-6-13/h5-10,12,17H,3-4H2,1-2H3,(H,21,23). The van der Waals surface area contributed by atoms with E-state index in [4.69, 9.17) is 9.26 Å². The van der Waals surface area contributed by atoms with Crippen molar-refractivity contribution in [2.24, 2.45) is 5.92 Å². The molecule has 1 N–H and O–H groups in total. The minimum atomic E-state index is -0.136. The number of aromatic nitrogens is 2. The van der Waals surface area contributed by atoms with E-state index in [1.54, 1.807) is 13.2 Å². The molecule has 0 aliphatic heterocycles. The van der Waals surface area contributed by atoms with E-state index in [0.717, 1.165) is 35.2 Å². The maximum Gasteiger partial charge on any atom is 0.257 e. The molecular weight excluding hydrogens is 318 g/mol. The van der Waals surface area contributed by atoms with E-state index in [1.807, 2.05) is 31.2 Å². The van der Waals surface area contributed by atoms with E-state index in [1.165, 1.54) is 6.20 Å². The van der Waals surface area contributed by atoms with Gasteiger partial charge in [0, 0.05) is 6.20 Å². The smallest absolute Gasteiger partial charge is 0.257 e.